The molecule has 0 fully saturated rings. The third-order valence-corrected chi connectivity index (χ3v) is 5.76. The largest absolute Gasteiger partial charge is 0.507 e. The first-order valence-corrected chi connectivity index (χ1v) is 10.2. The average molecular weight is 389 g/mol. The van der Waals surface area contributed by atoms with E-state index in [1.807, 2.05) is 6.20 Å². The second-order valence-corrected chi connectivity index (χ2v) is 7.74. The van der Waals surface area contributed by atoms with Crippen LogP contribution in [0.15, 0.2) is 54.7 Å². The van der Waals surface area contributed by atoms with Crippen LogP contribution in [0.4, 0.5) is 0 Å². The predicted octanol–water partition coefficient (Wildman–Crippen LogP) is 4.13. The van der Waals surface area contributed by atoms with Crippen LogP contribution in [0, 0.1) is 0 Å². The molecule has 4 rings (SSSR count). The minimum absolute atomic E-state index is 0.0579. The molecule has 5 heteroatoms. The average Bonchev–Trinajstić information content (AvgIpc) is 3.13. The van der Waals surface area contributed by atoms with Crippen LogP contribution < -0.4 is 11.1 Å². The number of aromatic amines is 1. The van der Waals surface area contributed by atoms with Crippen LogP contribution in [-0.4, -0.2) is 28.6 Å². The van der Waals surface area contributed by atoms with Crippen LogP contribution in [0.1, 0.15) is 47.2 Å². The molecule has 2 heterocycles. The number of fused-ring (bicyclic) bond motifs is 1. The van der Waals surface area contributed by atoms with E-state index >= 15 is 0 Å². The Hall–Kier alpha value is -3.05. The number of aromatic hydroxyl groups is 1. The molecule has 0 saturated heterocycles. The molecule has 0 spiro atoms. The van der Waals surface area contributed by atoms with Crippen molar-refractivity contribution in [1.82, 2.24) is 10.3 Å². The summed E-state index contributed by atoms with van der Waals surface area (Å²) in [4.78, 5) is 14.6. The number of carbonyl (C=O) groups is 1. The van der Waals surface area contributed by atoms with Crippen molar-refractivity contribution in [3.63, 3.8) is 0 Å². The molecular weight excluding hydrogens is 362 g/mol. The van der Waals surface area contributed by atoms with Crippen molar-refractivity contribution in [2.75, 3.05) is 6.54 Å². The topological polar surface area (TPSA) is 91.1 Å². The van der Waals surface area contributed by atoms with Crippen molar-refractivity contribution in [1.29, 1.82) is 0 Å². The molecule has 2 aromatic carbocycles. The van der Waals surface area contributed by atoms with Gasteiger partial charge in [-0.25, -0.2) is 0 Å². The van der Waals surface area contributed by atoms with E-state index in [9.17, 15) is 9.90 Å². The van der Waals surface area contributed by atoms with Crippen LogP contribution in [0.25, 0.3) is 16.5 Å². The minimum Gasteiger partial charge on any atom is -0.507 e. The lowest BCUT2D eigenvalue weighted by Gasteiger charge is -2.24. The summed E-state index contributed by atoms with van der Waals surface area (Å²) in [6.45, 7) is 0.929. The molecule has 3 aromatic rings. The van der Waals surface area contributed by atoms with Crippen LogP contribution in [0.3, 0.4) is 0 Å². The fourth-order valence-electron chi connectivity index (χ4n) is 4.19. The number of unbranched alkanes of at least 4 members (excludes halogenated alkanes) is 1. The smallest absolute Gasteiger partial charge is 0.252 e. The number of hydrogen-bond donors (Lipinski definition) is 4. The maximum Gasteiger partial charge on any atom is 0.252 e. The molecule has 1 unspecified atom stereocenters. The monoisotopic (exact) mass is 389 g/mol. The van der Waals surface area contributed by atoms with Crippen molar-refractivity contribution in [3.05, 3.63) is 71.4 Å². The Kier molecular flexibility index (Phi) is 5.67. The van der Waals surface area contributed by atoms with Crippen LogP contribution in [0.2, 0.25) is 0 Å². The number of benzene rings is 2. The SMILES string of the molecule is NC(=O)c1cc2[nH]cc(CCCCC3CC(c4ccccc4)=CCN3)c2cc1O. The Balaban J connectivity index is 1.31. The molecule has 0 radical (unpaired) electrons. The third-order valence-electron chi connectivity index (χ3n) is 5.76. The van der Waals surface area contributed by atoms with Crippen molar-refractivity contribution >= 4 is 22.4 Å². The number of hydrogen-bond acceptors (Lipinski definition) is 3. The van der Waals surface area contributed by atoms with Gasteiger partial charge in [-0.2, -0.15) is 0 Å². The highest BCUT2D eigenvalue weighted by Gasteiger charge is 2.16. The van der Waals surface area contributed by atoms with E-state index in [1.54, 1.807) is 12.1 Å². The van der Waals surface area contributed by atoms with E-state index in [0.717, 1.165) is 55.1 Å². The fourth-order valence-corrected chi connectivity index (χ4v) is 4.19. The standard InChI is InChI=1S/C24H27N3O2/c25-24(29)21-13-22-20(14-23(21)28)18(15-27-22)8-4-5-9-19-12-17(10-11-26-19)16-6-2-1-3-7-16/h1-3,6-7,10,13-15,19,26-28H,4-5,8-9,11-12H2,(H2,25,29). The van der Waals surface area contributed by atoms with Gasteiger partial charge in [0, 0.05) is 29.7 Å². The number of H-pyrrole nitrogens is 1. The highest BCUT2D eigenvalue weighted by molar-refractivity contribution is 6.00. The first-order valence-electron chi connectivity index (χ1n) is 10.2. The Morgan fingerprint density at radius 3 is 2.79 bits per heavy atom. The van der Waals surface area contributed by atoms with Crippen molar-refractivity contribution in [2.45, 2.75) is 38.1 Å². The zero-order chi connectivity index (χ0) is 20.2. The summed E-state index contributed by atoms with van der Waals surface area (Å²) in [5.74, 6) is -0.679. The van der Waals surface area contributed by atoms with Crippen molar-refractivity contribution in [3.8, 4) is 5.75 Å². The van der Waals surface area contributed by atoms with Gasteiger partial charge in [-0.1, -0.05) is 42.8 Å². The summed E-state index contributed by atoms with van der Waals surface area (Å²) < 4.78 is 0. The second kappa shape index (κ2) is 8.53. The van der Waals surface area contributed by atoms with E-state index in [4.69, 9.17) is 5.73 Å². The number of carbonyl (C=O) groups excluding carboxylic acids is 1. The van der Waals surface area contributed by atoms with E-state index in [1.165, 1.54) is 11.1 Å². The van der Waals surface area contributed by atoms with Gasteiger partial charge >= 0.3 is 0 Å². The molecule has 1 aliphatic rings. The van der Waals surface area contributed by atoms with Gasteiger partial charge in [0.2, 0.25) is 0 Å². The summed E-state index contributed by atoms with van der Waals surface area (Å²) in [6, 6.07) is 14.4. The molecule has 1 aromatic heterocycles. The van der Waals surface area contributed by atoms with Crippen LogP contribution in [-0.2, 0) is 6.42 Å². The molecule has 1 aliphatic heterocycles. The van der Waals surface area contributed by atoms with E-state index < -0.39 is 5.91 Å². The molecule has 29 heavy (non-hydrogen) atoms. The molecule has 150 valence electrons. The molecule has 1 atom stereocenters. The zero-order valence-electron chi connectivity index (χ0n) is 16.4. The number of aryl methyl sites for hydroxylation is 1. The normalized spacial score (nSPS) is 16.7. The maximum atomic E-state index is 11.4. The molecular formula is C24H27N3O2. The molecule has 0 bridgehead atoms. The number of aromatic nitrogens is 1. The van der Waals surface area contributed by atoms with E-state index in [0.29, 0.717) is 6.04 Å². The van der Waals surface area contributed by atoms with Crippen molar-refractivity contribution in [2.24, 2.45) is 5.73 Å². The van der Waals surface area contributed by atoms with Gasteiger partial charge in [0.25, 0.3) is 5.91 Å². The molecule has 5 nitrogen and oxygen atoms in total. The number of amides is 1. The highest BCUT2D eigenvalue weighted by Crippen LogP contribution is 2.28. The highest BCUT2D eigenvalue weighted by atomic mass is 16.3. The lowest BCUT2D eigenvalue weighted by atomic mass is 9.92. The molecule has 1 amide bonds. The number of rotatable bonds is 7. The van der Waals surface area contributed by atoms with E-state index in [-0.39, 0.29) is 11.3 Å². The van der Waals surface area contributed by atoms with Crippen LogP contribution in [0.5, 0.6) is 5.75 Å². The van der Waals surface area contributed by atoms with Gasteiger partial charge in [-0.3, -0.25) is 4.79 Å². The fraction of sp³-hybridized carbons (Fsp3) is 0.292. The number of nitrogens with one attached hydrogen (secondary N) is 2. The van der Waals surface area contributed by atoms with Gasteiger partial charge in [0.15, 0.2) is 0 Å². The number of primary amides is 1. The van der Waals surface area contributed by atoms with Gasteiger partial charge in [0.05, 0.1) is 5.56 Å². The zero-order valence-corrected chi connectivity index (χ0v) is 16.4. The second-order valence-electron chi connectivity index (χ2n) is 7.74. The van der Waals surface area contributed by atoms with Gasteiger partial charge < -0.3 is 21.1 Å². The quantitative estimate of drug-likeness (QED) is 0.458. The summed E-state index contributed by atoms with van der Waals surface area (Å²) >= 11 is 0. The Bertz CT molecular complexity index is 1040. The Morgan fingerprint density at radius 2 is 2.00 bits per heavy atom. The molecule has 5 N–H and O–H groups in total. The van der Waals surface area contributed by atoms with E-state index in [2.05, 4.69) is 46.7 Å². The predicted molar refractivity (Wildman–Crippen MR) is 117 cm³/mol. The third kappa shape index (κ3) is 4.35. The number of phenols is 1. The Labute approximate surface area is 170 Å². The maximum absolute atomic E-state index is 11.4. The summed E-state index contributed by atoms with van der Waals surface area (Å²) in [5.41, 5.74) is 10.2. The lowest BCUT2D eigenvalue weighted by molar-refractivity contribution is 0.0998. The summed E-state index contributed by atoms with van der Waals surface area (Å²) in [5, 5.41) is 14.6. The van der Waals surface area contributed by atoms with Crippen molar-refractivity contribution < 1.29 is 9.90 Å². The lowest BCUT2D eigenvalue weighted by Crippen LogP contribution is -2.32. The first-order chi connectivity index (χ1) is 14.1. The van der Waals surface area contributed by atoms with Crippen LogP contribution >= 0.6 is 0 Å². The first kappa shape index (κ1) is 19.3. The summed E-state index contributed by atoms with van der Waals surface area (Å²) in [7, 11) is 0. The molecule has 0 saturated carbocycles. The Morgan fingerprint density at radius 1 is 1.17 bits per heavy atom. The summed E-state index contributed by atoms with van der Waals surface area (Å²) in [6.07, 6.45) is 9.62. The molecule has 0 aliphatic carbocycles. The van der Waals surface area contributed by atoms with Gasteiger partial charge in [0.1, 0.15) is 5.75 Å². The van der Waals surface area contributed by atoms with Gasteiger partial charge in [-0.05, 0) is 54.5 Å². The number of nitrogens with two attached hydrogens (primary N) is 1. The van der Waals surface area contributed by atoms with Gasteiger partial charge in [-0.15, -0.1) is 0 Å². The minimum atomic E-state index is -0.621.